The molecule has 4 rings (SSSR count). The summed E-state index contributed by atoms with van der Waals surface area (Å²) in [5.74, 6) is 2.77. The molecule has 4 atom stereocenters. The average Bonchev–Trinajstić information content (AvgIpc) is 3.37. The zero-order valence-corrected chi connectivity index (χ0v) is 22.4. The van der Waals surface area contributed by atoms with Gasteiger partial charge in [-0.05, 0) is 59.1 Å². The maximum atomic E-state index is 12.9. The first-order valence-electron chi connectivity index (χ1n) is 13.5. The average molecular weight is 481 g/mol. The van der Waals surface area contributed by atoms with Gasteiger partial charge in [0, 0.05) is 43.7 Å². The predicted octanol–water partition coefficient (Wildman–Crippen LogP) is 4.32. The van der Waals surface area contributed by atoms with Crippen LogP contribution >= 0.6 is 0 Å². The third-order valence-corrected chi connectivity index (χ3v) is 8.05. The quantitative estimate of drug-likeness (QED) is 0.549. The second kappa shape index (κ2) is 11.2. The molecule has 2 aromatic rings. The lowest BCUT2D eigenvalue weighted by atomic mass is 9.97. The van der Waals surface area contributed by atoms with Crippen LogP contribution in [0.4, 0.5) is 0 Å². The Morgan fingerprint density at radius 2 is 1.83 bits per heavy atom. The van der Waals surface area contributed by atoms with Crippen LogP contribution in [0.25, 0.3) is 0 Å². The summed E-state index contributed by atoms with van der Waals surface area (Å²) in [5.41, 5.74) is 1.20. The van der Waals surface area contributed by atoms with Gasteiger partial charge in [-0.3, -0.25) is 9.69 Å². The fourth-order valence-electron chi connectivity index (χ4n) is 6.04. The molecule has 2 fully saturated rings. The molecule has 0 bridgehead atoms. The monoisotopic (exact) mass is 480 g/mol. The molecule has 4 unspecified atom stereocenters. The number of hydrogen-bond donors (Lipinski definition) is 1. The van der Waals surface area contributed by atoms with Crippen LogP contribution in [0.1, 0.15) is 88.6 Å². The molecule has 0 saturated carbocycles. The van der Waals surface area contributed by atoms with E-state index in [2.05, 4.69) is 95.8 Å². The lowest BCUT2D eigenvalue weighted by Gasteiger charge is -2.36. The fourth-order valence-corrected chi connectivity index (χ4v) is 6.04. The lowest BCUT2D eigenvalue weighted by Crippen LogP contribution is -2.52. The standard InChI is InChI=1S/C28H44N6O/c1-19(2)27-31-30-22(5)34(27)21(4)16-25-13-12-20(3)33(25)15-14-26(23-10-8-7-9-11-23)29-28(35)24-17-32(6)18-24/h7-11,19-21,24-26H,12-18H2,1-6H3,(H,29,35). The van der Waals surface area contributed by atoms with E-state index < -0.39 is 0 Å². The smallest absolute Gasteiger partial charge is 0.226 e. The molecule has 192 valence electrons. The van der Waals surface area contributed by atoms with Crippen molar-refractivity contribution in [3.05, 3.63) is 47.5 Å². The number of aryl methyl sites for hydroxylation is 1. The molecular weight excluding hydrogens is 436 g/mol. The van der Waals surface area contributed by atoms with Crippen LogP contribution in [-0.2, 0) is 4.79 Å². The molecule has 2 saturated heterocycles. The number of rotatable bonds is 10. The largest absolute Gasteiger partial charge is 0.349 e. The number of amides is 1. The van der Waals surface area contributed by atoms with Gasteiger partial charge in [-0.15, -0.1) is 10.2 Å². The summed E-state index contributed by atoms with van der Waals surface area (Å²) in [5, 5.41) is 12.2. The Labute approximate surface area is 211 Å². The molecule has 0 radical (unpaired) electrons. The van der Waals surface area contributed by atoms with E-state index in [0.717, 1.165) is 44.1 Å². The van der Waals surface area contributed by atoms with Gasteiger partial charge in [0.2, 0.25) is 5.91 Å². The zero-order chi connectivity index (χ0) is 25.1. The molecule has 1 aromatic carbocycles. The molecule has 0 spiro atoms. The van der Waals surface area contributed by atoms with E-state index in [9.17, 15) is 4.79 Å². The maximum absolute atomic E-state index is 12.9. The summed E-state index contributed by atoms with van der Waals surface area (Å²) in [6.45, 7) is 13.8. The molecule has 7 heteroatoms. The van der Waals surface area contributed by atoms with Gasteiger partial charge in [0.15, 0.2) is 0 Å². The molecule has 2 aliphatic heterocycles. The Kier molecular flexibility index (Phi) is 8.27. The summed E-state index contributed by atoms with van der Waals surface area (Å²) < 4.78 is 2.34. The molecule has 2 aliphatic rings. The van der Waals surface area contributed by atoms with Crippen molar-refractivity contribution < 1.29 is 4.79 Å². The van der Waals surface area contributed by atoms with Gasteiger partial charge >= 0.3 is 0 Å². The highest BCUT2D eigenvalue weighted by Gasteiger charge is 2.34. The van der Waals surface area contributed by atoms with Crippen molar-refractivity contribution in [3.63, 3.8) is 0 Å². The first kappa shape index (κ1) is 25.8. The number of hydrogen-bond acceptors (Lipinski definition) is 5. The normalized spacial score (nSPS) is 23.4. The summed E-state index contributed by atoms with van der Waals surface area (Å²) in [4.78, 5) is 17.8. The first-order chi connectivity index (χ1) is 16.7. The number of carbonyl (C=O) groups is 1. The van der Waals surface area contributed by atoms with Gasteiger partial charge < -0.3 is 14.8 Å². The Hall–Kier alpha value is -2.25. The molecule has 3 heterocycles. The van der Waals surface area contributed by atoms with Gasteiger partial charge in [0.1, 0.15) is 11.6 Å². The van der Waals surface area contributed by atoms with Crippen LogP contribution in [0, 0.1) is 12.8 Å². The van der Waals surface area contributed by atoms with Gasteiger partial charge in [-0.2, -0.15) is 0 Å². The minimum absolute atomic E-state index is 0.0492. The van der Waals surface area contributed by atoms with E-state index in [-0.39, 0.29) is 17.9 Å². The van der Waals surface area contributed by atoms with Crippen molar-refractivity contribution >= 4 is 5.91 Å². The second-order valence-corrected chi connectivity index (χ2v) is 11.2. The van der Waals surface area contributed by atoms with Crippen LogP contribution in [0.15, 0.2) is 30.3 Å². The Balaban J connectivity index is 1.42. The molecule has 7 nitrogen and oxygen atoms in total. The first-order valence-corrected chi connectivity index (χ1v) is 13.5. The summed E-state index contributed by atoms with van der Waals surface area (Å²) in [6.07, 6.45) is 4.48. The number of nitrogens with one attached hydrogen (secondary N) is 1. The molecule has 35 heavy (non-hydrogen) atoms. The van der Waals surface area contributed by atoms with E-state index >= 15 is 0 Å². The summed E-state index contributed by atoms with van der Waals surface area (Å²) in [6, 6.07) is 12.0. The molecule has 1 N–H and O–H groups in total. The van der Waals surface area contributed by atoms with E-state index in [4.69, 9.17) is 0 Å². The fraction of sp³-hybridized carbons (Fsp3) is 0.679. The predicted molar refractivity (Wildman–Crippen MR) is 140 cm³/mol. The third kappa shape index (κ3) is 5.95. The maximum Gasteiger partial charge on any atom is 0.226 e. The van der Waals surface area contributed by atoms with E-state index in [0.29, 0.717) is 24.0 Å². The third-order valence-electron chi connectivity index (χ3n) is 8.05. The second-order valence-electron chi connectivity index (χ2n) is 11.2. The Morgan fingerprint density at radius 3 is 2.49 bits per heavy atom. The van der Waals surface area contributed by atoms with E-state index in [1.807, 2.05) is 6.07 Å². The minimum atomic E-state index is 0.0492. The summed E-state index contributed by atoms with van der Waals surface area (Å²) >= 11 is 0. The number of aromatic nitrogens is 3. The zero-order valence-electron chi connectivity index (χ0n) is 22.4. The van der Waals surface area contributed by atoms with Crippen LogP contribution in [-0.4, -0.2) is 69.2 Å². The minimum Gasteiger partial charge on any atom is -0.349 e. The SMILES string of the molecule is Cc1nnc(C(C)C)n1C(C)CC1CCC(C)N1CCC(NC(=O)C1CN(C)C1)c1ccccc1. The Morgan fingerprint density at radius 1 is 1.11 bits per heavy atom. The number of carbonyl (C=O) groups excluding carboxylic acids is 1. The molecule has 1 amide bonds. The van der Waals surface area contributed by atoms with Crippen LogP contribution < -0.4 is 5.32 Å². The highest BCUT2D eigenvalue weighted by Crippen LogP contribution is 2.32. The topological polar surface area (TPSA) is 66.3 Å². The van der Waals surface area contributed by atoms with Crippen molar-refractivity contribution in [2.45, 2.75) is 90.4 Å². The van der Waals surface area contributed by atoms with Crippen LogP contribution in [0.5, 0.6) is 0 Å². The lowest BCUT2D eigenvalue weighted by molar-refractivity contribution is -0.130. The van der Waals surface area contributed by atoms with Crippen LogP contribution in [0.2, 0.25) is 0 Å². The van der Waals surface area contributed by atoms with Crippen molar-refractivity contribution in [2.75, 3.05) is 26.7 Å². The number of benzene rings is 1. The highest BCUT2D eigenvalue weighted by molar-refractivity contribution is 5.80. The highest BCUT2D eigenvalue weighted by atomic mass is 16.2. The van der Waals surface area contributed by atoms with E-state index in [1.54, 1.807) is 0 Å². The number of likely N-dealkylation sites (tertiary alicyclic amines) is 2. The van der Waals surface area contributed by atoms with Gasteiger partial charge in [0.25, 0.3) is 0 Å². The van der Waals surface area contributed by atoms with Crippen LogP contribution in [0.3, 0.4) is 0 Å². The molecular formula is C28H44N6O. The number of nitrogens with zero attached hydrogens (tertiary/aromatic N) is 5. The van der Waals surface area contributed by atoms with Gasteiger partial charge in [0.05, 0.1) is 12.0 Å². The van der Waals surface area contributed by atoms with Gasteiger partial charge in [-0.25, -0.2) is 0 Å². The van der Waals surface area contributed by atoms with E-state index in [1.165, 1.54) is 18.4 Å². The van der Waals surface area contributed by atoms with Crippen molar-refractivity contribution in [2.24, 2.45) is 5.92 Å². The Bertz CT molecular complexity index is 967. The van der Waals surface area contributed by atoms with Crippen molar-refractivity contribution in [3.8, 4) is 0 Å². The van der Waals surface area contributed by atoms with Crippen molar-refractivity contribution in [1.82, 2.24) is 29.9 Å². The van der Waals surface area contributed by atoms with Gasteiger partial charge in [-0.1, -0.05) is 44.2 Å². The summed E-state index contributed by atoms with van der Waals surface area (Å²) in [7, 11) is 2.07. The molecule has 1 aromatic heterocycles. The molecule has 0 aliphatic carbocycles. The van der Waals surface area contributed by atoms with Crippen molar-refractivity contribution in [1.29, 1.82) is 0 Å².